The zero-order chi connectivity index (χ0) is 18.5. The first-order chi connectivity index (χ1) is 11.0. The van der Waals surface area contributed by atoms with Crippen LogP contribution in [0.2, 0.25) is 0 Å². The third kappa shape index (κ3) is 6.09. The molecule has 1 aromatic heterocycles. The van der Waals surface area contributed by atoms with Crippen LogP contribution in [-0.2, 0) is 17.5 Å². The number of nitrogens with zero attached hydrogens (tertiary/aromatic N) is 3. The molecule has 1 rings (SSSR count). The molecule has 0 aromatic carbocycles. The van der Waals surface area contributed by atoms with E-state index in [4.69, 9.17) is 0 Å². The van der Waals surface area contributed by atoms with Crippen molar-refractivity contribution in [3.63, 3.8) is 0 Å². The monoisotopic (exact) mass is 349 g/mol. The van der Waals surface area contributed by atoms with E-state index in [0.29, 0.717) is 0 Å². The highest BCUT2D eigenvalue weighted by atomic mass is 19.4. The SMILES string of the molecule is Cc1cc(C(F)(F)F)n(C[C@H](C)CNC(=O)CNC(=O)N(C)C)n1. The van der Waals surface area contributed by atoms with Gasteiger partial charge in [-0.1, -0.05) is 6.92 Å². The van der Waals surface area contributed by atoms with E-state index in [1.165, 1.54) is 11.8 Å². The molecule has 0 saturated carbocycles. The molecule has 0 spiro atoms. The molecule has 1 atom stereocenters. The molecule has 7 nitrogen and oxygen atoms in total. The van der Waals surface area contributed by atoms with Gasteiger partial charge in [0.25, 0.3) is 0 Å². The normalized spacial score (nSPS) is 12.6. The van der Waals surface area contributed by atoms with E-state index in [9.17, 15) is 22.8 Å². The van der Waals surface area contributed by atoms with E-state index in [1.54, 1.807) is 21.0 Å². The van der Waals surface area contributed by atoms with Crippen molar-refractivity contribution < 1.29 is 22.8 Å². The summed E-state index contributed by atoms with van der Waals surface area (Å²) in [4.78, 5) is 24.2. The Bertz CT molecular complexity index is 583. The number of aryl methyl sites for hydroxylation is 1. The van der Waals surface area contributed by atoms with Crippen LogP contribution in [0.25, 0.3) is 0 Å². The van der Waals surface area contributed by atoms with Crippen LogP contribution in [0.3, 0.4) is 0 Å². The molecule has 136 valence electrons. The maximum Gasteiger partial charge on any atom is 0.433 e. The number of nitrogens with one attached hydrogen (secondary N) is 2. The number of rotatable bonds is 6. The lowest BCUT2D eigenvalue weighted by Crippen LogP contribution is -2.42. The van der Waals surface area contributed by atoms with Crippen molar-refractivity contribution in [2.45, 2.75) is 26.6 Å². The minimum atomic E-state index is -4.47. The Kier molecular flexibility index (Phi) is 6.61. The maximum absolute atomic E-state index is 12.9. The molecule has 2 N–H and O–H groups in total. The molecular weight excluding hydrogens is 327 g/mol. The van der Waals surface area contributed by atoms with Gasteiger partial charge in [-0.3, -0.25) is 9.48 Å². The smallest absolute Gasteiger partial charge is 0.354 e. The lowest BCUT2D eigenvalue weighted by Gasteiger charge is -2.16. The zero-order valence-electron chi connectivity index (χ0n) is 14.1. The van der Waals surface area contributed by atoms with Gasteiger partial charge in [0, 0.05) is 27.2 Å². The molecule has 0 unspecified atom stereocenters. The summed E-state index contributed by atoms with van der Waals surface area (Å²) in [5.41, 5.74) is -0.526. The topological polar surface area (TPSA) is 79.3 Å². The van der Waals surface area contributed by atoms with Gasteiger partial charge in [0.2, 0.25) is 5.91 Å². The number of aromatic nitrogens is 2. The van der Waals surface area contributed by atoms with Gasteiger partial charge in [-0.2, -0.15) is 18.3 Å². The van der Waals surface area contributed by atoms with Gasteiger partial charge >= 0.3 is 12.2 Å². The predicted octanol–water partition coefficient (Wildman–Crippen LogP) is 1.23. The molecule has 0 aliphatic rings. The standard InChI is InChI=1S/C14H22F3N5O2/c1-9(6-18-12(23)7-19-13(24)21(3)4)8-22-11(14(15,16)17)5-10(2)20-22/h5,9H,6-8H2,1-4H3,(H,18,23)(H,19,24)/t9-/m1/s1. The van der Waals surface area contributed by atoms with E-state index in [-0.39, 0.29) is 31.2 Å². The highest BCUT2D eigenvalue weighted by molar-refractivity contribution is 5.83. The molecule has 10 heteroatoms. The lowest BCUT2D eigenvalue weighted by molar-refractivity contribution is -0.144. The highest BCUT2D eigenvalue weighted by Crippen LogP contribution is 2.30. The lowest BCUT2D eigenvalue weighted by atomic mass is 10.2. The van der Waals surface area contributed by atoms with E-state index in [0.717, 1.165) is 10.7 Å². The summed E-state index contributed by atoms with van der Waals surface area (Å²) < 4.78 is 39.6. The second kappa shape index (κ2) is 8.02. The minimum Gasteiger partial charge on any atom is -0.354 e. The predicted molar refractivity (Wildman–Crippen MR) is 81.2 cm³/mol. The van der Waals surface area contributed by atoms with Gasteiger partial charge in [-0.05, 0) is 18.9 Å². The fourth-order valence-corrected chi connectivity index (χ4v) is 1.94. The second-order valence-corrected chi connectivity index (χ2v) is 5.81. The summed E-state index contributed by atoms with van der Waals surface area (Å²) in [6, 6.07) is 0.585. The number of carbonyl (C=O) groups is 2. The average molecular weight is 349 g/mol. The van der Waals surface area contributed by atoms with Crippen molar-refractivity contribution in [1.29, 1.82) is 0 Å². The largest absolute Gasteiger partial charge is 0.433 e. The molecule has 3 amide bonds. The first kappa shape index (κ1) is 19.8. The Morgan fingerprint density at radius 2 is 1.96 bits per heavy atom. The van der Waals surface area contributed by atoms with E-state index < -0.39 is 23.8 Å². The minimum absolute atomic E-state index is 0.0209. The van der Waals surface area contributed by atoms with Crippen LogP contribution < -0.4 is 10.6 Å². The number of carbonyl (C=O) groups excluding carboxylic acids is 2. The number of alkyl halides is 3. The summed E-state index contributed by atoms with van der Waals surface area (Å²) >= 11 is 0. The quantitative estimate of drug-likeness (QED) is 0.811. The van der Waals surface area contributed by atoms with Crippen LogP contribution in [0, 0.1) is 12.8 Å². The Balaban J connectivity index is 2.49. The number of hydrogen-bond donors (Lipinski definition) is 2. The van der Waals surface area contributed by atoms with Crippen molar-refractivity contribution in [2.75, 3.05) is 27.2 Å². The van der Waals surface area contributed by atoms with Crippen LogP contribution >= 0.6 is 0 Å². The fraction of sp³-hybridized carbons (Fsp3) is 0.643. The van der Waals surface area contributed by atoms with Crippen molar-refractivity contribution >= 4 is 11.9 Å². The van der Waals surface area contributed by atoms with E-state index >= 15 is 0 Å². The van der Waals surface area contributed by atoms with Crippen LogP contribution in [0.5, 0.6) is 0 Å². The van der Waals surface area contributed by atoms with Gasteiger partial charge in [0.05, 0.1) is 12.2 Å². The van der Waals surface area contributed by atoms with Crippen molar-refractivity contribution in [3.05, 3.63) is 17.5 Å². The van der Waals surface area contributed by atoms with Crippen LogP contribution in [-0.4, -0.2) is 53.8 Å². The molecule has 0 radical (unpaired) electrons. The van der Waals surface area contributed by atoms with E-state index in [1.807, 2.05) is 0 Å². The van der Waals surface area contributed by atoms with Crippen molar-refractivity contribution in [3.8, 4) is 0 Å². The Morgan fingerprint density at radius 3 is 2.50 bits per heavy atom. The molecule has 0 bridgehead atoms. The molecule has 0 aliphatic heterocycles. The van der Waals surface area contributed by atoms with Crippen LogP contribution in [0.1, 0.15) is 18.3 Å². The van der Waals surface area contributed by atoms with Crippen LogP contribution in [0.4, 0.5) is 18.0 Å². The molecular formula is C14H22F3N5O2. The van der Waals surface area contributed by atoms with Gasteiger partial charge in [-0.25, -0.2) is 4.79 Å². The molecule has 1 heterocycles. The third-order valence-electron chi connectivity index (χ3n) is 3.13. The van der Waals surface area contributed by atoms with Gasteiger partial charge < -0.3 is 15.5 Å². The zero-order valence-corrected chi connectivity index (χ0v) is 14.1. The third-order valence-corrected chi connectivity index (χ3v) is 3.13. The first-order valence-electron chi connectivity index (χ1n) is 7.34. The Labute approximate surface area is 138 Å². The fourth-order valence-electron chi connectivity index (χ4n) is 1.94. The summed E-state index contributed by atoms with van der Waals surface area (Å²) in [7, 11) is 3.08. The van der Waals surface area contributed by atoms with Crippen LogP contribution in [0.15, 0.2) is 6.07 Å². The Hall–Kier alpha value is -2.26. The molecule has 0 saturated heterocycles. The van der Waals surface area contributed by atoms with Crippen molar-refractivity contribution in [2.24, 2.45) is 5.92 Å². The summed E-state index contributed by atoms with van der Waals surface area (Å²) in [6.45, 7) is 3.19. The second-order valence-electron chi connectivity index (χ2n) is 5.81. The average Bonchev–Trinajstić information content (AvgIpc) is 2.83. The number of urea groups is 1. The van der Waals surface area contributed by atoms with Gasteiger partial charge in [0.15, 0.2) is 0 Å². The molecule has 0 aliphatic carbocycles. The maximum atomic E-state index is 12.9. The number of hydrogen-bond acceptors (Lipinski definition) is 3. The number of halogens is 3. The molecule has 1 aromatic rings. The molecule has 0 fully saturated rings. The number of amides is 3. The highest BCUT2D eigenvalue weighted by Gasteiger charge is 2.35. The van der Waals surface area contributed by atoms with Crippen molar-refractivity contribution in [1.82, 2.24) is 25.3 Å². The summed E-state index contributed by atoms with van der Waals surface area (Å²) in [5.74, 6) is -0.677. The Morgan fingerprint density at radius 1 is 1.33 bits per heavy atom. The van der Waals surface area contributed by atoms with E-state index in [2.05, 4.69) is 15.7 Å². The molecule has 24 heavy (non-hydrogen) atoms. The van der Waals surface area contributed by atoms with Gasteiger partial charge in [-0.15, -0.1) is 0 Å². The van der Waals surface area contributed by atoms with Gasteiger partial charge in [0.1, 0.15) is 5.69 Å². The summed E-state index contributed by atoms with van der Waals surface area (Å²) in [5, 5.41) is 8.81. The first-order valence-corrected chi connectivity index (χ1v) is 7.34. The summed E-state index contributed by atoms with van der Waals surface area (Å²) in [6.07, 6.45) is -4.47.